The van der Waals surface area contributed by atoms with Gasteiger partial charge in [-0.05, 0) is 50.4 Å². The average Bonchev–Trinajstić information content (AvgIpc) is 2.94. The van der Waals surface area contributed by atoms with Gasteiger partial charge in [0.2, 0.25) is 0 Å². The lowest BCUT2D eigenvalue weighted by Crippen LogP contribution is -2.48. The van der Waals surface area contributed by atoms with Crippen molar-refractivity contribution in [2.24, 2.45) is 5.92 Å². The molecule has 0 spiro atoms. The maximum absolute atomic E-state index is 2.74. The summed E-state index contributed by atoms with van der Waals surface area (Å²) in [4.78, 5) is 5.37. The van der Waals surface area contributed by atoms with Crippen molar-refractivity contribution in [1.82, 2.24) is 9.80 Å². The van der Waals surface area contributed by atoms with Crippen LogP contribution in [0.2, 0.25) is 0 Å². The summed E-state index contributed by atoms with van der Waals surface area (Å²) < 4.78 is 0. The van der Waals surface area contributed by atoms with Crippen molar-refractivity contribution in [1.29, 1.82) is 0 Å². The molecule has 0 amide bonds. The van der Waals surface area contributed by atoms with Crippen molar-refractivity contribution in [3.05, 3.63) is 35.9 Å². The fourth-order valence-corrected chi connectivity index (χ4v) is 3.82. The molecule has 1 aromatic carbocycles. The molecule has 3 rings (SSSR count). The molecule has 104 valence electrons. The molecule has 0 radical (unpaired) electrons. The molecule has 0 N–H and O–H groups in total. The first kappa shape index (κ1) is 13.1. The van der Waals surface area contributed by atoms with Gasteiger partial charge in [-0.15, -0.1) is 0 Å². The van der Waals surface area contributed by atoms with E-state index in [2.05, 4.69) is 47.1 Å². The lowest BCUT2D eigenvalue weighted by Gasteiger charge is -2.41. The lowest BCUT2D eigenvalue weighted by atomic mass is 9.92. The van der Waals surface area contributed by atoms with Crippen LogP contribution in [0.4, 0.5) is 0 Å². The molecule has 0 bridgehead atoms. The Morgan fingerprint density at radius 1 is 1.05 bits per heavy atom. The van der Waals surface area contributed by atoms with E-state index in [4.69, 9.17) is 0 Å². The van der Waals surface area contributed by atoms with Crippen LogP contribution in [0.15, 0.2) is 30.3 Å². The number of hydrogen-bond donors (Lipinski definition) is 0. The van der Waals surface area contributed by atoms with E-state index in [1.165, 1.54) is 51.0 Å². The molecular formula is C17H26N2. The number of hydrogen-bond acceptors (Lipinski definition) is 2. The average molecular weight is 258 g/mol. The summed E-state index contributed by atoms with van der Waals surface area (Å²) >= 11 is 0. The fraction of sp³-hybridized carbons (Fsp3) is 0.647. The number of likely N-dealkylation sites (tertiary alicyclic amines) is 2. The summed E-state index contributed by atoms with van der Waals surface area (Å²) in [7, 11) is 0. The van der Waals surface area contributed by atoms with E-state index in [1.54, 1.807) is 0 Å². The SMILES string of the molecule is C[C@H]1CN(Cc2ccccc2)CC[C@@H]1N1CCCC1. The van der Waals surface area contributed by atoms with Crippen LogP contribution in [0, 0.1) is 5.92 Å². The van der Waals surface area contributed by atoms with Gasteiger partial charge in [0.1, 0.15) is 0 Å². The number of benzene rings is 1. The molecule has 2 atom stereocenters. The molecule has 0 unspecified atom stereocenters. The van der Waals surface area contributed by atoms with Gasteiger partial charge in [-0.3, -0.25) is 4.90 Å². The van der Waals surface area contributed by atoms with E-state index >= 15 is 0 Å². The molecule has 0 aromatic heterocycles. The topological polar surface area (TPSA) is 6.48 Å². The van der Waals surface area contributed by atoms with Gasteiger partial charge in [-0.2, -0.15) is 0 Å². The standard InChI is InChI=1S/C17H26N2/c1-15-13-18(14-16-7-3-2-4-8-16)12-9-17(15)19-10-5-6-11-19/h2-4,7-8,15,17H,5-6,9-14H2,1H3/t15-,17-/m0/s1. The van der Waals surface area contributed by atoms with Crippen molar-refractivity contribution in [2.75, 3.05) is 26.2 Å². The third kappa shape index (κ3) is 3.18. The molecule has 0 aliphatic carbocycles. The second-order valence-corrected chi connectivity index (χ2v) is 6.30. The third-order valence-electron chi connectivity index (χ3n) is 4.80. The smallest absolute Gasteiger partial charge is 0.0233 e. The molecule has 0 saturated carbocycles. The van der Waals surface area contributed by atoms with Crippen LogP contribution in [0.1, 0.15) is 31.7 Å². The maximum Gasteiger partial charge on any atom is 0.0233 e. The molecule has 2 heteroatoms. The van der Waals surface area contributed by atoms with Crippen LogP contribution in [0.25, 0.3) is 0 Å². The largest absolute Gasteiger partial charge is 0.300 e. The van der Waals surface area contributed by atoms with Gasteiger partial charge in [-0.25, -0.2) is 0 Å². The summed E-state index contributed by atoms with van der Waals surface area (Å²) in [5.41, 5.74) is 1.45. The highest BCUT2D eigenvalue weighted by Gasteiger charge is 2.31. The minimum atomic E-state index is 0.815. The van der Waals surface area contributed by atoms with Crippen molar-refractivity contribution in [3.8, 4) is 0 Å². The zero-order chi connectivity index (χ0) is 13.1. The van der Waals surface area contributed by atoms with Crippen molar-refractivity contribution in [2.45, 2.75) is 38.8 Å². The Balaban J connectivity index is 1.55. The lowest BCUT2D eigenvalue weighted by molar-refractivity contribution is 0.0748. The van der Waals surface area contributed by atoms with Crippen LogP contribution < -0.4 is 0 Å². The first-order valence-electron chi connectivity index (χ1n) is 7.83. The quantitative estimate of drug-likeness (QED) is 0.822. The molecular weight excluding hydrogens is 232 g/mol. The summed E-state index contributed by atoms with van der Waals surface area (Å²) in [6, 6.07) is 11.7. The van der Waals surface area contributed by atoms with Gasteiger partial charge < -0.3 is 4.90 Å². The summed E-state index contributed by atoms with van der Waals surface area (Å²) in [5, 5.41) is 0. The van der Waals surface area contributed by atoms with Crippen LogP contribution in [-0.2, 0) is 6.54 Å². The second-order valence-electron chi connectivity index (χ2n) is 6.30. The molecule has 2 aliphatic heterocycles. The number of piperidine rings is 1. The first-order chi connectivity index (χ1) is 9.33. The molecule has 2 saturated heterocycles. The Kier molecular flexibility index (Phi) is 4.19. The maximum atomic E-state index is 2.74. The minimum absolute atomic E-state index is 0.815. The Morgan fingerprint density at radius 2 is 1.79 bits per heavy atom. The zero-order valence-electron chi connectivity index (χ0n) is 12.1. The number of nitrogens with zero attached hydrogens (tertiary/aromatic N) is 2. The second kappa shape index (κ2) is 6.06. The highest BCUT2D eigenvalue weighted by Crippen LogP contribution is 2.26. The monoisotopic (exact) mass is 258 g/mol. The van der Waals surface area contributed by atoms with Crippen molar-refractivity contribution < 1.29 is 0 Å². The number of rotatable bonds is 3. The molecule has 2 heterocycles. The molecule has 19 heavy (non-hydrogen) atoms. The fourth-order valence-electron chi connectivity index (χ4n) is 3.82. The van der Waals surface area contributed by atoms with Crippen LogP contribution in [-0.4, -0.2) is 42.0 Å². The van der Waals surface area contributed by atoms with Gasteiger partial charge in [0.05, 0.1) is 0 Å². The summed E-state index contributed by atoms with van der Waals surface area (Å²) in [5.74, 6) is 0.815. The molecule has 2 aliphatic rings. The van der Waals surface area contributed by atoms with Gasteiger partial charge in [-0.1, -0.05) is 37.3 Å². The Hall–Kier alpha value is -0.860. The van der Waals surface area contributed by atoms with Gasteiger partial charge >= 0.3 is 0 Å². The highest BCUT2D eigenvalue weighted by atomic mass is 15.2. The Morgan fingerprint density at radius 3 is 2.47 bits per heavy atom. The summed E-state index contributed by atoms with van der Waals surface area (Å²) in [6.45, 7) is 8.77. The highest BCUT2D eigenvalue weighted by molar-refractivity contribution is 5.14. The molecule has 2 fully saturated rings. The van der Waals surface area contributed by atoms with Crippen LogP contribution in [0.3, 0.4) is 0 Å². The van der Waals surface area contributed by atoms with E-state index < -0.39 is 0 Å². The third-order valence-corrected chi connectivity index (χ3v) is 4.80. The summed E-state index contributed by atoms with van der Waals surface area (Å²) in [6.07, 6.45) is 4.18. The predicted octanol–water partition coefficient (Wildman–Crippen LogP) is 2.99. The van der Waals surface area contributed by atoms with E-state index in [0.717, 1.165) is 18.5 Å². The van der Waals surface area contributed by atoms with E-state index in [-0.39, 0.29) is 0 Å². The van der Waals surface area contributed by atoms with Crippen molar-refractivity contribution in [3.63, 3.8) is 0 Å². The predicted molar refractivity (Wildman–Crippen MR) is 80.1 cm³/mol. The molecule has 2 nitrogen and oxygen atoms in total. The molecule has 1 aromatic rings. The van der Waals surface area contributed by atoms with E-state index in [0.29, 0.717) is 0 Å². The minimum Gasteiger partial charge on any atom is -0.300 e. The van der Waals surface area contributed by atoms with Crippen LogP contribution >= 0.6 is 0 Å². The van der Waals surface area contributed by atoms with E-state index in [9.17, 15) is 0 Å². The van der Waals surface area contributed by atoms with Gasteiger partial charge in [0, 0.05) is 19.1 Å². The van der Waals surface area contributed by atoms with Gasteiger partial charge in [0.15, 0.2) is 0 Å². The normalized spacial score (nSPS) is 29.7. The van der Waals surface area contributed by atoms with Crippen molar-refractivity contribution >= 4 is 0 Å². The Bertz CT molecular complexity index is 384. The van der Waals surface area contributed by atoms with Gasteiger partial charge in [0.25, 0.3) is 0 Å². The Labute approximate surface area is 117 Å². The zero-order valence-corrected chi connectivity index (χ0v) is 12.1. The van der Waals surface area contributed by atoms with Crippen LogP contribution in [0.5, 0.6) is 0 Å². The van der Waals surface area contributed by atoms with E-state index in [1.807, 2.05) is 0 Å². The first-order valence-corrected chi connectivity index (χ1v) is 7.83.